The van der Waals surface area contributed by atoms with Crippen LogP contribution in [0.4, 0.5) is 9.52 Å². The van der Waals surface area contributed by atoms with Crippen molar-refractivity contribution in [2.45, 2.75) is 19.8 Å². The summed E-state index contributed by atoms with van der Waals surface area (Å²) in [5.41, 5.74) is 0.867. The maximum Gasteiger partial charge on any atom is 0.257 e. The van der Waals surface area contributed by atoms with Crippen molar-refractivity contribution in [1.82, 2.24) is 14.8 Å². The Bertz CT molecular complexity index is 967. The van der Waals surface area contributed by atoms with Crippen LogP contribution in [0.2, 0.25) is 0 Å². The second kappa shape index (κ2) is 8.61. The van der Waals surface area contributed by atoms with Crippen LogP contribution in [0.25, 0.3) is 0 Å². The van der Waals surface area contributed by atoms with E-state index in [2.05, 4.69) is 22.1 Å². The number of amides is 2. The molecule has 1 atom stereocenters. The number of nitrogens with one attached hydrogen (secondary N) is 1. The van der Waals surface area contributed by atoms with Crippen molar-refractivity contribution in [3.05, 3.63) is 46.2 Å². The van der Waals surface area contributed by atoms with Gasteiger partial charge in [-0.1, -0.05) is 18.3 Å². The summed E-state index contributed by atoms with van der Waals surface area (Å²) in [5, 5.41) is 2.98. The third-order valence-electron chi connectivity index (χ3n) is 5.63. The third-order valence-corrected chi connectivity index (χ3v) is 6.68. The highest BCUT2D eigenvalue weighted by molar-refractivity contribution is 7.17. The molecular weight excluding hydrogens is 407 g/mol. The minimum atomic E-state index is -0.423. The van der Waals surface area contributed by atoms with E-state index < -0.39 is 17.6 Å². The van der Waals surface area contributed by atoms with Crippen LogP contribution in [0.3, 0.4) is 0 Å². The van der Waals surface area contributed by atoms with Gasteiger partial charge in [0.1, 0.15) is 5.82 Å². The van der Waals surface area contributed by atoms with E-state index in [9.17, 15) is 18.8 Å². The smallest absolute Gasteiger partial charge is 0.257 e. The molecule has 2 aliphatic rings. The van der Waals surface area contributed by atoms with Gasteiger partial charge in [-0.2, -0.15) is 0 Å². The molecule has 4 rings (SSSR count). The number of aromatic nitrogens is 1. The van der Waals surface area contributed by atoms with E-state index >= 15 is 0 Å². The molecule has 0 unspecified atom stereocenters. The average Bonchev–Trinajstić information content (AvgIpc) is 3.16. The van der Waals surface area contributed by atoms with Gasteiger partial charge in [0.2, 0.25) is 5.91 Å². The van der Waals surface area contributed by atoms with Crippen LogP contribution < -0.4 is 5.32 Å². The standard InChI is InChI=1S/C21H23FN4O3S/c1-2-25-7-9-26(10-8-25)20(29)14-11-16-18(17(27)12-14)30-21(23-16)24-19(28)13-3-5-15(22)6-4-13/h3-6,14H,2,7-12H2,1H3,(H,23,24,28)/t14-/m1/s1. The summed E-state index contributed by atoms with van der Waals surface area (Å²) in [4.78, 5) is 46.9. The number of likely N-dealkylation sites (N-methyl/N-ethyl adjacent to an activating group) is 1. The number of anilines is 1. The van der Waals surface area contributed by atoms with Crippen LogP contribution in [0.1, 0.15) is 39.1 Å². The van der Waals surface area contributed by atoms with Gasteiger partial charge in [-0.3, -0.25) is 19.7 Å². The summed E-state index contributed by atoms with van der Waals surface area (Å²) < 4.78 is 13.0. The number of halogens is 1. The van der Waals surface area contributed by atoms with Crippen LogP contribution >= 0.6 is 11.3 Å². The molecular formula is C21H23FN4O3S. The van der Waals surface area contributed by atoms with Crippen molar-refractivity contribution in [3.8, 4) is 0 Å². The first kappa shape index (κ1) is 20.6. The zero-order valence-electron chi connectivity index (χ0n) is 16.7. The molecule has 1 aliphatic heterocycles. The molecule has 2 heterocycles. The first-order chi connectivity index (χ1) is 14.4. The van der Waals surface area contributed by atoms with Gasteiger partial charge in [0.15, 0.2) is 10.9 Å². The van der Waals surface area contributed by atoms with E-state index in [1.807, 2.05) is 4.90 Å². The second-order valence-electron chi connectivity index (χ2n) is 7.54. The lowest BCUT2D eigenvalue weighted by Crippen LogP contribution is -2.51. The lowest BCUT2D eigenvalue weighted by Gasteiger charge is -2.36. The fraction of sp³-hybridized carbons (Fsp3) is 0.429. The molecule has 1 saturated heterocycles. The van der Waals surface area contributed by atoms with Crippen molar-refractivity contribution in [1.29, 1.82) is 0 Å². The number of carbonyl (C=O) groups is 3. The minimum absolute atomic E-state index is 0.00894. The average molecular weight is 431 g/mol. The number of piperazine rings is 1. The van der Waals surface area contributed by atoms with Gasteiger partial charge in [0, 0.05) is 44.6 Å². The number of carbonyl (C=O) groups excluding carboxylic acids is 3. The topological polar surface area (TPSA) is 82.6 Å². The highest BCUT2D eigenvalue weighted by Crippen LogP contribution is 2.33. The molecule has 1 aromatic carbocycles. The van der Waals surface area contributed by atoms with E-state index in [0.29, 0.717) is 40.8 Å². The molecule has 1 aromatic heterocycles. The van der Waals surface area contributed by atoms with Gasteiger partial charge in [0.25, 0.3) is 5.91 Å². The van der Waals surface area contributed by atoms with Crippen molar-refractivity contribution < 1.29 is 18.8 Å². The SMILES string of the molecule is CCN1CCN(C(=O)[C@H]2CC(=O)c3sc(NC(=O)c4ccc(F)cc4)nc3C2)CC1. The van der Waals surface area contributed by atoms with Crippen LogP contribution in [0.15, 0.2) is 24.3 Å². The molecule has 9 heteroatoms. The van der Waals surface area contributed by atoms with E-state index in [4.69, 9.17) is 0 Å². The molecule has 0 bridgehead atoms. The number of hydrogen-bond acceptors (Lipinski definition) is 6. The zero-order valence-corrected chi connectivity index (χ0v) is 17.5. The molecule has 1 N–H and O–H groups in total. The van der Waals surface area contributed by atoms with Crippen LogP contribution in [0, 0.1) is 11.7 Å². The number of benzene rings is 1. The van der Waals surface area contributed by atoms with E-state index in [1.54, 1.807) is 0 Å². The molecule has 0 spiro atoms. The number of hydrogen-bond donors (Lipinski definition) is 1. The Morgan fingerprint density at radius 2 is 1.87 bits per heavy atom. The molecule has 0 saturated carbocycles. The Morgan fingerprint density at radius 1 is 1.17 bits per heavy atom. The van der Waals surface area contributed by atoms with Gasteiger partial charge < -0.3 is 9.80 Å². The molecule has 158 valence electrons. The minimum Gasteiger partial charge on any atom is -0.340 e. The Labute approximate surface area is 177 Å². The molecule has 1 fully saturated rings. The quantitative estimate of drug-likeness (QED) is 0.806. The summed E-state index contributed by atoms with van der Waals surface area (Å²) in [5.74, 6) is -1.35. The molecule has 1 aliphatic carbocycles. The number of ketones is 1. The maximum atomic E-state index is 13.0. The lowest BCUT2D eigenvalue weighted by atomic mass is 9.88. The summed E-state index contributed by atoms with van der Waals surface area (Å²) in [6.45, 7) is 6.14. The molecule has 7 nitrogen and oxygen atoms in total. The van der Waals surface area contributed by atoms with E-state index in [1.165, 1.54) is 24.3 Å². The van der Waals surface area contributed by atoms with Gasteiger partial charge >= 0.3 is 0 Å². The first-order valence-corrected chi connectivity index (χ1v) is 10.9. The predicted octanol–water partition coefficient (Wildman–Crippen LogP) is 2.44. The predicted molar refractivity (Wildman–Crippen MR) is 111 cm³/mol. The Hall–Kier alpha value is -2.65. The number of nitrogens with zero attached hydrogens (tertiary/aromatic N) is 3. The van der Waals surface area contributed by atoms with Crippen molar-refractivity contribution >= 4 is 34.1 Å². The first-order valence-electron chi connectivity index (χ1n) is 10.1. The Kier molecular flexibility index (Phi) is 5.92. The van der Waals surface area contributed by atoms with E-state index in [-0.39, 0.29) is 18.1 Å². The number of fused-ring (bicyclic) bond motifs is 1. The number of thiazole rings is 1. The van der Waals surface area contributed by atoms with E-state index in [0.717, 1.165) is 31.0 Å². The third kappa shape index (κ3) is 4.27. The van der Waals surface area contributed by atoms with Crippen molar-refractivity contribution in [3.63, 3.8) is 0 Å². The fourth-order valence-electron chi connectivity index (χ4n) is 3.87. The van der Waals surface area contributed by atoms with Gasteiger partial charge in [0.05, 0.1) is 16.5 Å². The van der Waals surface area contributed by atoms with Gasteiger partial charge in [-0.05, 0) is 30.8 Å². The largest absolute Gasteiger partial charge is 0.340 e. The normalized spacial score (nSPS) is 19.5. The Balaban J connectivity index is 1.43. The summed E-state index contributed by atoms with van der Waals surface area (Å²) in [6.07, 6.45) is 0.574. The highest BCUT2D eigenvalue weighted by atomic mass is 32.1. The lowest BCUT2D eigenvalue weighted by molar-refractivity contribution is -0.137. The number of Topliss-reactive ketones (excluding diaryl/α,β-unsaturated/α-hetero) is 1. The van der Waals surface area contributed by atoms with Gasteiger partial charge in [-0.25, -0.2) is 9.37 Å². The van der Waals surface area contributed by atoms with Crippen molar-refractivity contribution in [2.75, 3.05) is 38.0 Å². The second-order valence-corrected chi connectivity index (χ2v) is 8.54. The summed E-state index contributed by atoms with van der Waals surface area (Å²) in [6, 6.07) is 5.19. The molecule has 2 aromatic rings. The van der Waals surface area contributed by atoms with Crippen molar-refractivity contribution in [2.24, 2.45) is 5.92 Å². The monoisotopic (exact) mass is 430 g/mol. The van der Waals surface area contributed by atoms with Gasteiger partial charge in [-0.15, -0.1) is 0 Å². The summed E-state index contributed by atoms with van der Waals surface area (Å²) >= 11 is 1.12. The number of rotatable bonds is 4. The van der Waals surface area contributed by atoms with Crippen LogP contribution in [-0.4, -0.2) is 65.1 Å². The molecule has 0 radical (unpaired) electrons. The van der Waals surface area contributed by atoms with Crippen LogP contribution in [0.5, 0.6) is 0 Å². The fourth-order valence-corrected chi connectivity index (χ4v) is 4.81. The zero-order chi connectivity index (χ0) is 21.3. The summed E-state index contributed by atoms with van der Waals surface area (Å²) in [7, 11) is 0. The Morgan fingerprint density at radius 3 is 2.53 bits per heavy atom. The molecule has 30 heavy (non-hydrogen) atoms. The highest BCUT2D eigenvalue weighted by Gasteiger charge is 2.36. The van der Waals surface area contributed by atoms with Crippen LogP contribution in [-0.2, 0) is 11.2 Å². The molecule has 2 amide bonds. The maximum absolute atomic E-state index is 13.0.